The van der Waals surface area contributed by atoms with Crippen molar-refractivity contribution in [3.05, 3.63) is 86.3 Å². The molecule has 0 radical (unpaired) electrons. The third kappa shape index (κ3) is 5.66. The number of anilines is 2. The van der Waals surface area contributed by atoms with E-state index in [1.165, 1.54) is 11.8 Å². The number of hydrogen-bond acceptors (Lipinski definition) is 4. The van der Waals surface area contributed by atoms with Crippen molar-refractivity contribution < 1.29 is 14.3 Å². The molecule has 1 atom stereocenters. The van der Waals surface area contributed by atoms with Crippen LogP contribution in [0.3, 0.4) is 0 Å². The van der Waals surface area contributed by atoms with Gasteiger partial charge in [-0.05, 0) is 67.1 Å². The van der Waals surface area contributed by atoms with E-state index in [2.05, 4.69) is 21.2 Å². The molecule has 0 aliphatic carbocycles. The number of thioether (sulfide) groups is 1. The van der Waals surface area contributed by atoms with E-state index >= 15 is 0 Å². The molecule has 0 bridgehead atoms. The van der Waals surface area contributed by atoms with Crippen LogP contribution in [0.5, 0.6) is 5.75 Å². The Hall–Kier alpha value is -2.19. The summed E-state index contributed by atoms with van der Waals surface area (Å²) in [6.45, 7) is 1.71. The molecule has 0 spiro atoms. The van der Waals surface area contributed by atoms with Crippen molar-refractivity contribution in [1.29, 1.82) is 0 Å². The average Bonchev–Trinajstić information content (AvgIpc) is 3.17. The van der Waals surface area contributed by atoms with Crippen molar-refractivity contribution in [2.45, 2.75) is 12.3 Å². The summed E-state index contributed by atoms with van der Waals surface area (Å²) in [6.07, 6.45) is 0. The molecular formula is C24H19BrCl2N2O3S. The zero-order chi connectivity index (χ0) is 23.5. The lowest BCUT2D eigenvalue weighted by Gasteiger charge is -2.26. The highest BCUT2D eigenvalue weighted by molar-refractivity contribution is 9.10. The van der Waals surface area contributed by atoms with Crippen LogP contribution in [0.4, 0.5) is 11.4 Å². The molecule has 1 saturated heterocycles. The Morgan fingerprint density at radius 2 is 1.91 bits per heavy atom. The molecule has 0 unspecified atom stereocenters. The minimum absolute atomic E-state index is 0.00718. The third-order valence-corrected chi connectivity index (χ3v) is 7.37. The first-order valence-electron chi connectivity index (χ1n) is 9.99. The van der Waals surface area contributed by atoms with Gasteiger partial charge in [0.25, 0.3) is 5.91 Å². The summed E-state index contributed by atoms with van der Waals surface area (Å²) in [4.78, 5) is 26.9. The lowest BCUT2D eigenvalue weighted by atomic mass is 10.1. The van der Waals surface area contributed by atoms with Crippen LogP contribution in [-0.2, 0) is 9.59 Å². The number of aryl methyl sites for hydroxylation is 1. The predicted molar refractivity (Wildman–Crippen MR) is 139 cm³/mol. The second-order valence-corrected chi connectivity index (χ2v) is 10.2. The number of carbonyl (C=O) groups excluding carboxylic acids is 2. The number of ether oxygens (including phenoxy) is 1. The fourth-order valence-electron chi connectivity index (χ4n) is 3.39. The molecule has 1 fully saturated rings. The highest BCUT2D eigenvalue weighted by Gasteiger charge is 2.36. The molecule has 5 nitrogen and oxygen atoms in total. The molecule has 3 aromatic carbocycles. The van der Waals surface area contributed by atoms with E-state index in [-0.39, 0.29) is 23.8 Å². The maximum absolute atomic E-state index is 12.7. The van der Waals surface area contributed by atoms with Gasteiger partial charge in [0.2, 0.25) is 5.91 Å². The Bertz CT molecular complexity index is 1210. The van der Waals surface area contributed by atoms with Crippen LogP contribution in [0.25, 0.3) is 0 Å². The lowest BCUT2D eigenvalue weighted by Crippen LogP contribution is -2.28. The first-order chi connectivity index (χ1) is 15.8. The largest absolute Gasteiger partial charge is 0.483 e. The molecule has 3 aromatic rings. The molecule has 1 aliphatic heterocycles. The van der Waals surface area contributed by atoms with Gasteiger partial charge in [0, 0.05) is 31.5 Å². The lowest BCUT2D eigenvalue weighted by molar-refractivity contribution is -0.118. The van der Waals surface area contributed by atoms with Crippen LogP contribution in [0, 0.1) is 6.92 Å². The maximum atomic E-state index is 12.7. The maximum Gasteiger partial charge on any atom is 0.262 e. The zero-order valence-corrected chi connectivity index (χ0v) is 21.4. The number of carbonyl (C=O) groups is 2. The number of halogens is 3. The topological polar surface area (TPSA) is 58.6 Å². The number of hydrogen-bond donors (Lipinski definition) is 1. The van der Waals surface area contributed by atoms with E-state index in [0.717, 1.165) is 21.3 Å². The van der Waals surface area contributed by atoms with Gasteiger partial charge in [-0.3, -0.25) is 14.5 Å². The Kier molecular flexibility index (Phi) is 7.54. The molecule has 33 heavy (non-hydrogen) atoms. The standard InChI is InChI=1S/C24H19BrCl2N2O3S/c1-14-2-6-17(11-20(14)27)28-22(30)12-32-21-9-3-15(25)10-19(21)24-29(23(31)13-33-24)18-7-4-16(26)5-8-18/h2-11,24H,12-13H2,1H3,(H,28,30)/t24-/m0/s1. The first-order valence-corrected chi connectivity index (χ1v) is 12.6. The van der Waals surface area contributed by atoms with Gasteiger partial charge in [0.05, 0.1) is 5.75 Å². The van der Waals surface area contributed by atoms with Crippen LogP contribution in [0.2, 0.25) is 10.0 Å². The molecular weight excluding hydrogens is 547 g/mol. The number of rotatable bonds is 6. The van der Waals surface area contributed by atoms with Gasteiger partial charge in [-0.1, -0.05) is 45.2 Å². The van der Waals surface area contributed by atoms with E-state index in [9.17, 15) is 9.59 Å². The second-order valence-electron chi connectivity index (χ2n) is 7.39. The predicted octanol–water partition coefficient (Wildman–Crippen LogP) is 6.86. The van der Waals surface area contributed by atoms with Gasteiger partial charge >= 0.3 is 0 Å². The van der Waals surface area contributed by atoms with Crippen molar-refractivity contribution in [2.75, 3.05) is 22.6 Å². The van der Waals surface area contributed by atoms with E-state index in [4.69, 9.17) is 27.9 Å². The summed E-state index contributed by atoms with van der Waals surface area (Å²) in [5.41, 5.74) is 3.07. The molecule has 170 valence electrons. The third-order valence-electron chi connectivity index (χ3n) is 5.02. The Balaban J connectivity index is 1.53. The summed E-state index contributed by atoms with van der Waals surface area (Å²) in [6, 6.07) is 18.0. The Morgan fingerprint density at radius 1 is 1.15 bits per heavy atom. The van der Waals surface area contributed by atoms with Gasteiger partial charge in [0.15, 0.2) is 6.61 Å². The molecule has 0 saturated carbocycles. The monoisotopic (exact) mass is 564 g/mol. The van der Waals surface area contributed by atoms with Crippen LogP contribution < -0.4 is 15.0 Å². The summed E-state index contributed by atoms with van der Waals surface area (Å²) in [5.74, 6) is 0.552. The fraction of sp³-hybridized carbons (Fsp3) is 0.167. The van der Waals surface area contributed by atoms with E-state index in [0.29, 0.717) is 27.2 Å². The first kappa shape index (κ1) is 24.0. The quantitative estimate of drug-likeness (QED) is 0.354. The van der Waals surface area contributed by atoms with E-state index in [1.807, 2.05) is 37.3 Å². The SMILES string of the molecule is Cc1ccc(NC(=O)COc2ccc(Br)cc2[C@@H]2SCC(=O)N2c2ccc(Cl)cc2)cc1Cl. The second kappa shape index (κ2) is 10.4. The van der Waals surface area contributed by atoms with Gasteiger partial charge < -0.3 is 10.1 Å². The zero-order valence-electron chi connectivity index (χ0n) is 17.5. The molecule has 4 rings (SSSR count). The van der Waals surface area contributed by atoms with Crippen molar-refractivity contribution in [2.24, 2.45) is 0 Å². The smallest absolute Gasteiger partial charge is 0.262 e. The summed E-state index contributed by atoms with van der Waals surface area (Å²) >= 11 is 17.2. The van der Waals surface area contributed by atoms with E-state index in [1.54, 1.807) is 35.2 Å². The van der Waals surface area contributed by atoms with Crippen LogP contribution in [-0.4, -0.2) is 24.2 Å². The van der Waals surface area contributed by atoms with Crippen LogP contribution in [0.1, 0.15) is 16.5 Å². The number of benzene rings is 3. The fourth-order valence-corrected chi connectivity index (χ4v) is 5.27. The highest BCUT2D eigenvalue weighted by atomic mass is 79.9. The van der Waals surface area contributed by atoms with Crippen molar-refractivity contribution in [1.82, 2.24) is 0 Å². The average molecular weight is 566 g/mol. The minimum atomic E-state index is -0.312. The molecule has 0 aromatic heterocycles. The van der Waals surface area contributed by atoms with Gasteiger partial charge in [0.1, 0.15) is 11.1 Å². The van der Waals surface area contributed by atoms with Crippen LogP contribution >= 0.6 is 50.9 Å². The summed E-state index contributed by atoms with van der Waals surface area (Å²) in [7, 11) is 0. The van der Waals surface area contributed by atoms with Crippen molar-refractivity contribution in [3.63, 3.8) is 0 Å². The molecule has 2 amide bonds. The Labute approximate surface area is 214 Å². The van der Waals surface area contributed by atoms with Gasteiger partial charge in [-0.15, -0.1) is 11.8 Å². The molecule has 9 heteroatoms. The number of nitrogens with one attached hydrogen (secondary N) is 1. The number of nitrogens with zero attached hydrogens (tertiary/aromatic N) is 1. The van der Waals surface area contributed by atoms with Crippen LogP contribution in [0.15, 0.2) is 65.1 Å². The van der Waals surface area contributed by atoms with Crippen molar-refractivity contribution >= 4 is 74.1 Å². The Morgan fingerprint density at radius 3 is 2.64 bits per heavy atom. The van der Waals surface area contributed by atoms with Gasteiger partial charge in [-0.25, -0.2) is 0 Å². The van der Waals surface area contributed by atoms with Crippen molar-refractivity contribution in [3.8, 4) is 5.75 Å². The number of amides is 2. The normalized spacial score (nSPS) is 15.6. The molecule has 1 heterocycles. The van der Waals surface area contributed by atoms with E-state index < -0.39 is 0 Å². The highest BCUT2D eigenvalue weighted by Crippen LogP contribution is 2.45. The van der Waals surface area contributed by atoms with Gasteiger partial charge in [-0.2, -0.15) is 0 Å². The summed E-state index contributed by atoms with van der Waals surface area (Å²) < 4.78 is 6.74. The minimum Gasteiger partial charge on any atom is -0.483 e. The molecule has 1 aliphatic rings. The molecule has 1 N–H and O–H groups in total. The summed E-state index contributed by atoms with van der Waals surface area (Å²) in [5, 5.41) is 3.66.